The van der Waals surface area contributed by atoms with E-state index in [4.69, 9.17) is 18.6 Å². The summed E-state index contributed by atoms with van der Waals surface area (Å²) in [4.78, 5) is 37.2. The molecule has 1 fully saturated rings. The number of hydrogen-bond donors (Lipinski definition) is 1. The molecule has 11 nitrogen and oxygen atoms in total. The SMILES string of the molecule is CC(C)(C)OC(=O)N1CCc2cc(Nc3ncc4cc(C#N)c(=O)n(C5COCC5OS(C)(C)C(C)(C)C)c4n3)ccc2C1. The molecule has 0 bridgehead atoms. The van der Waals surface area contributed by atoms with Crippen LogP contribution in [-0.4, -0.2) is 74.3 Å². The average molecular weight is 623 g/mol. The van der Waals surface area contributed by atoms with Crippen molar-refractivity contribution in [1.82, 2.24) is 19.4 Å². The van der Waals surface area contributed by atoms with Crippen LogP contribution < -0.4 is 10.9 Å². The molecule has 5 rings (SSSR count). The highest BCUT2D eigenvalue weighted by Gasteiger charge is 2.39. The third-order valence-corrected chi connectivity index (χ3v) is 11.9. The fraction of sp³-hybridized carbons (Fsp3) is 0.531. The summed E-state index contributed by atoms with van der Waals surface area (Å²) >= 11 is 0. The van der Waals surface area contributed by atoms with Gasteiger partial charge in [-0.15, -0.1) is 10.3 Å². The number of pyridine rings is 1. The monoisotopic (exact) mass is 622 g/mol. The smallest absolute Gasteiger partial charge is 0.410 e. The molecule has 0 spiro atoms. The Balaban J connectivity index is 1.44. The Hall–Kier alpha value is -3.66. The second-order valence-corrected chi connectivity index (χ2v) is 17.5. The molecule has 1 aromatic carbocycles. The van der Waals surface area contributed by atoms with Crippen molar-refractivity contribution in [2.24, 2.45) is 0 Å². The predicted octanol–water partition coefficient (Wildman–Crippen LogP) is 5.43. The number of nitrogens with one attached hydrogen (secondary N) is 1. The first-order valence-electron chi connectivity index (χ1n) is 14.7. The van der Waals surface area contributed by atoms with E-state index in [0.29, 0.717) is 43.1 Å². The minimum atomic E-state index is -1.51. The summed E-state index contributed by atoms with van der Waals surface area (Å²) in [5.74, 6) is 0.318. The van der Waals surface area contributed by atoms with Gasteiger partial charge >= 0.3 is 6.09 Å². The van der Waals surface area contributed by atoms with Gasteiger partial charge in [-0.25, -0.2) is 9.78 Å². The maximum absolute atomic E-state index is 13.6. The summed E-state index contributed by atoms with van der Waals surface area (Å²) in [5.41, 5.74) is 2.42. The van der Waals surface area contributed by atoms with Crippen molar-refractivity contribution < 1.29 is 18.5 Å². The number of hydrogen-bond acceptors (Lipinski definition) is 9. The zero-order valence-corrected chi connectivity index (χ0v) is 27.6. The molecule has 236 valence electrons. The highest BCUT2D eigenvalue weighted by Crippen LogP contribution is 2.55. The third kappa shape index (κ3) is 6.55. The van der Waals surface area contributed by atoms with Crippen LogP contribution in [0, 0.1) is 11.3 Å². The second-order valence-electron chi connectivity index (χ2n) is 13.7. The molecule has 2 aliphatic heterocycles. The normalized spacial score (nSPS) is 19.4. The number of nitriles is 1. The van der Waals surface area contributed by atoms with Crippen LogP contribution in [-0.2, 0) is 26.6 Å². The van der Waals surface area contributed by atoms with E-state index in [1.54, 1.807) is 15.7 Å². The highest BCUT2D eigenvalue weighted by atomic mass is 32.3. The molecule has 0 aliphatic carbocycles. The number of nitrogens with zero attached hydrogens (tertiary/aromatic N) is 5. The molecule has 0 saturated carbocycles. The van der Waals surface area contributed by atoms with Crippen LogP contribution in [0.1, 0.15) is 64.3 Å². The first-order chi connectivity index (χ1) is 20.6. The Kier molecular flexibility index (Phi) is 8.44. The number of carbonyl (C=O) groups excluding carboxylic acids is 1. The van der Waals surface area contributed by atoms with Gasteiger partial charge in [-0.05, 0) is 69.0 Å². The Morgan fingerprint density at radius 1 is 1.14 bits per heavy atom. The quantitative estimate of drug-likeness (QED) is 0.395. The first kappa shape index (κ1) is 31.8. The van der Waals surface area contributed by atoms with Crippen LogP contribution in [0.15, 0.2) is 35.3 Å². The third-order valence-electron chi connectivity index (χ3n) is 8.19. The van der Waals surface area contributed by atoms with Crippen molar-refractivity contribution in [3.05, 3.63) is 57.5 Å². The van der Waals surface area contributed by atoms with E-state index >= 15 is 0 Å². The van der Waals surface area contributed by atoms with Crippen molar-refractivity contribution in [2.45, 2.75) is 77.0 Å². The highest BCUT2D eigenvalue weighted by molar-refractivity contribution is 8.29. The number of benzene rings is 1. The maximum Gasteiger partial charge on any atom is 0.410 e. The van der Waals surface area contributed by atoms with Crippen molar-refractivity contribution >= 4 is 39.1 Å². The Morgan fingerprint density at radius 2 is 1.89 bits per heavy atom. The van der Waals surface area contributed by atoms with Crippen LogP contribution in [0.5, 0.6) is 0 Å². The van der Waals surface area contributed by atoms with Gasteiger partial charge in [0, 0.05) is 35.1 Å². The van der Waals surface area contributed by atoms with Crippen LogP contribution in [0.3, 0.4) is 0 Å². The van der Waals surface area contributed by atoms with E-state index in [2.05, 4.69) is 43.6 Å². The van der Waals surface area contributed by atoms with E-state index in [1.807, 2.05) is 45.0 Å². The summed E-state index contributed by atoms with van der Waals surface area (Å²) in [6, 6.07) is 9.05. The minimum absolute atomic E-state index is 0.0185. The van der Waals surface area contributed by atoms with Gasteiger partial charge < -0.3 is 23.9 Å². The zero-order chi connectivity index (χ0) is 32.0. The van der Waals surface area contributed by atoms with Crippen molar-refractivity contribution in [2.75, 3.05) is 37.6 Å². The topological polar surface area (TPSA) is 132 Å². The fourth-order valence-corrected chi connectivity index (χ4v) is 6.21. The number of aromatic nitrogens is 3. The lowest BCUT2D eigenvalue weighted by Gasteiger charge is -2.46. The summed E-state index contributed by atoms with van der Waals surface area (Å²) in [6.45, 7) is 13.7. The van der Waals surface area contributed by atoms with Crippen molar-refractivity contribution in [3.8, 4) is 6.07 Å². The van der Waals surface area contributed by atoms with E-state index in [9.17, 15) is 14.9 Å². The van der Waals surface area contributed by atoms with Gasteiger partial charge in [0.15, 0.2) is 0 Å². The molecular weight excluding hydrogens is 580 g/mol. The van der Waals surface area contributed by atoms with Gasteiger partial charge in [-0.1, -0.05) is 26.8 Å². The molecule has 4 heterocycles. The Labute approximate surface area is 260 Å². The molecule has 1 amide bonds. The lowest BCUT2D eigenvalue weighted by molar-refractivity contribution is 0.0224. The van der Waals surface area contributed by atoms with Crippen LogP contribution in [0.4, 0.5) is 16.4 Å². The number of rotatable bonds is 5. The lowest BCUT2D eigenvalue weighted by Crippen LogP contribution is -2.39. The number of ether oxygens (including phenoxy) is 2. The molecule has 0 radical (unpaired) electrons. The Bertz CT molecular complexity index is 1680. The number of fused-ring (bicyclic) bond motifs is 2. The molecule has 44 heavy (non-hydrogen) atoms. The van der Waals surface area contributed by atoms with Gasteiger partial charge in [-0.2, -0.15) is 10.2 Å². The van der Waals surface area contributed by atoms with Gasteiger partial charge in [0.2, 0.25) is 5.95 Å². The van der Waals surface area contributed by atoms with Gasteiger partial charge in [0.05, 0.1) is 19.3 Å². The van der Waals surface area contributed by atoms with Crippen LogP contribution in [0.2, 0.25) is 0 Å². The van der Waals surface area contributed by atoms with E-state index in [-0.39, 0.29) is 29.1 Å². The molecule has 2 atom stereocenters. The summed E-state index contributed by atoms with van der Waals surface area (Å²) in [5, 5.41) is 13.6. The van der Waals surface area contributed by atoms with E-state index in [0.717, 1.165) is 16.8 Å². The van der Waals surface area contributed by atoms with E-state index < -0.39 is 27.5 Å². The van der Waals surface area contributed by atoms with Crippen LogP contribution in [0.25, 0.3) is 11.0 Å². The zero-order valence-electron chi connectivity index (χ0n) is 26.8. The maximum atomic E-state index is 13.6. The fourth-order valence-electron chi connectivity index (χ4n) is 5.12. The molecular formula is C32H42N6O5S. The molecule has 12 heteroatoms. The van der Waals surface area contributed by atoms with Crippen LogP contribution >= 0.6 is 10.3 Å². The molecule has 3 aromatic rings. The average Bonchev–Trinajstić information content (AvgIpc) is 3.37. The lowest BCUT2D eigenvalue weighted by atomic mass is 9.99. The number of carbonyl (C=O) groups is 1. The molecule has 1 saturated heterocycles. The minimum Gasteiger partial charge on any atom is -0.444 e. The largest absolute Gasteiger partial charge is 0.444 e. The number of anilines is 2. The van der Waals surface area contributed by atoms with Gasteiger partial charge in [0.1, 0.15) is 29.0 Å². The van der Waals surface area contributed by atoms with Gasteiger partial charge in [-0.3, -0.25) is 9.36 Å². The van der Waals surface area contributed by atoms with Crippen molar-refractivity contribution in [3.63, 3.8) is 0 Å². The summed E-state index contributed by atoms with van der Waals surface area (Å²) in [6.07, 6.45) is 5.86. The molecule has 1 N–H and O–H groups in total. The second kappa shape index (κ2) is 11.7. The first-order valence-corrected chi connectivity index (χ1v) is 17.1. The van der Waals surface area contributed by atoms with Gasteiger partial charge in [0.25, 0.3) is 5.56 Å². The Morgan fingerprint density at radius 3 is 2.57 bits per heavy atom. The van der Waals surface area contributed by atoms with Crippen molar-refractivity contribution in [1.29, 1.82) is 5.26 Å². The predicted molar refractivity (Wildman–Crippen MR) is 173 cm³/mol. The number of amides is 1. The summed E-state index contributed by atoms with van der Waals surface area (Å²) in [7, 11) is -1.51. The standard InChI is InChI=1S/C32H42N6O5S/c1-31(2,3)42-30(40)37-12-11-20-14-24(10-9-21(20)17-37)35-29-34-16-23-13-22(15-33)28(39)38(27(23)36-29)25-18-41-19-26(25)43-44(7,8)32(4,5)6/h9-10,13-14,16,25-26H,11-12,17-19H2,1-8H3,(H,34,35,36). The summed E-state index contributed by atoms with van der Waals surface area (Å²) < 4.78 is 19.5. The molecule has 2 aliphatic rings. The molecule has 2 aromatic heterocycles. The molecule has 2 unspecified atom stereocenters. The van der Waals surface area contributed by atoms with E-state index in [1.165, 1.54) is 6.07 Å².